The lowest BCUT2D eigenvalue weighted by atomic mass is 10.0. The molecule has 0 saturated carbocycles. The molecule has 190 valence electrons. The zero-order valence-corrected chi connectivity index (χ0v) is 19.5. The molecule has 0 saturated heterocycles. The predicted molar refractivity (Wildman–Crippen MR) is 122 cm³/mol. The van der Waals surface area contributed by atoms with Crippen LogP contribution in [0.4, 0.5) is 30.6 Å². The van der Waals surface area contributed by atoms with Gasteiger partial charge in [0.1, 0.15) is 11.7 Å². The highest BCUT2D eigenvalue weighted by atomic mass is 19.4. The van der Waals surface area contributed by atoms with Gasteiger partial charge in [0.2, 0.25) is 17.7 Å². The van der Waals surface area contributed by atoms with Crippen molar-refractivity contribution in [2.24, 2.45) is 7.05 Å². The van der Waals surface area contributed by atoms with Gasteiger partial charge in [-0.3, -0.25) is 4.79 Å². The number of aryl methyl sites for hydroxylation is 2. The molecular formula is C22H23F3N8O3. The summed E-state index contributed by atoms with van der Waals surface area (Å²) in [5.41, 5.74) is 1.17. The number of amides is 1. The number of pyridine rings is 1. The maximum atomic E-state index is 12.8. The van der Waals surface area contributed by atoms with Gasteiger partial charge in [-0.05, 0) is 18.4 Å². The Morgan fingerprint density at radius 1 is 1.25 bits per heavy atom. The van der Waals surface area contributed by atoms with Gasteiger partial charge in [0.15, 0.2) is 11.5 Å². The first-order valence-electron chi connectivity index (χ1n) is 11.2. The molecule has 14 heteroatoms. The van der Waals surface area contributed by atoms with Crippen molar-refractivity contribution in [2.75, 3.05) is 35.3 Å². The average molecular weight is 504 g/mol. The standard InChI is InChI=1S/C22H23F3N8O3/c1-31-14(11-34)20(35)33-7-3-4-13-18(33)19(31)29-21(28-13)27-10-12-5-6-16(26-9-12)36-17-8-15(22(23,24)25)30-32(17)2/h5-6,8-9,14,34H,3-4,7,10-11H2,1-2H3,(H,27,28,29)/t14-/m0/s1. The summed E-state index contributed by atoms with van der Waals surface area (Å²) in [6.07, 6.45) is -1.57. The summed E-state index contributed by atoms with van der Waals surface area (Å²) in [5.74, 6) is 0.823. The molecule has 0 aromatic carbocycles. The molecule has 5 heterocycles. The van der Waals surface area contributed by atoms with Crippen LogP contribution in [0.1, 0.15) is 23.4 Å². The van der Waals surface area contributed by atoms with Gasteiger partial charge in [-0.1, -0.05) is 6.07 Å². The molecule has 0 unspecified atom stereocenters. The second-order valence-corrected chi connectivity index (χ2v) is 8.52. The van der Waals surface area contributed by atoms with Crippen LogP contribution in [-0.2, 0) is 31.0 Å². The molecule has 36 heavy (non-hydrogen) atoms. The maximum absolute atomic E-state index is 12.8. The summed E-state index contributed by atoms with van der Waals surface area (Å²) in [6.45, 7) is 0.574. The van der Waals surface area contributed by atoms with Gasteiger partial charge in [0.05, 0.1) is 12.3 Å². The van der Waals surface area contributed by atoms with Crippen LogP contribution < -0.4 is 19.9 Å². The number of hydrogen-bond donors (Lipinski definition) is 2. The van der Waals surface area contributed by atoms with Gasteiger partial charge in [0.25, 0.3) is 5.91 Å². The fourth-order valence-corrected chi connectivity index (χ4v) is 4.24. The van der Waals surface area contributed by atoms with Crippen molar-refractivity contribution in [1.29, 1.82) is 0 Å². The lowest BCUT2D eigenvalue weighted by Gasteiger charge is -2.42. The average Bonchev–Trinajstić information content (AvgIpc) is 3.23. The molecule has 1 atom stereocenters. The third kappa shape index (κ3) is 4.27. The molecule has 3 aromatic heterocycles. The minimum atomic E-state index is -4.57. The maximum Gasteiger partial charge on any atom is 0.435 e. The monoisotopic (exact) mass is 504 g/mol. The highest BCUT2D eigenvalue weighted by Crippen LogP contribution is 2.39. The van der Waals surface area contributed by atoms with Crippen LogP contribution in [0.25, 0.3) is 0 Å². The normalized spacial score (nSPS) is 17.3. The molecule has 0 spiro atoms. The van der Waals surface area contributed by atoms with Gasteiger partial charge >= 0.3 is 6.18 Å². The number of nitrogens with zero attached hydrogens (tertiary/aromatic N) is 7. The quantitative estimate of drug-likeness (QED) is 0.520. The Bertz CT molecular complexity index is 1290. The minimum Gasteiger partial charge on any atom is -0.421 e. The van der Waals surface area contributed by atoms with Crippen LogP contribution in [0.3, 0.4) is 0 Å². The molecule has 0 fully saturated rings. The van der Waals surface area contributed by atoms with Crippen LogP contribution in [0, 0.1) is 0 Å². The van der Waals surface area contributed by atoms with E-state index < -0.39 is 17.9 Å². The van der Waals surface area contributed by atoms with Crippen LogP contribution in [0.5, 0.6) is 11.8 Å². The van der Waals surface area contributed by atoms with E-state index in [9.17, 15) is 23.1 Å². The van der Waals surface area contributed by atoms with Gasteiger partial charge in [-0.15, -0.1) is 0 Å². The zero-order chi connectivity index (χ0) is 25.6. The van der Waals surface area contributed by atoms with Crippen molar-refractivity contribution in [3.05, 3.63) is 41.3 Å². The van der Waals surface area contributed by atoms with Crippen LogP contribution >= 0.6 is 0 Å². The first kappa shape index (κ1) is 23.8. The Hall–Kier alpha value is -3.94. The number of hydrogen-bond acceptors (Lipinski definition) is 9. The summed E-state index contributed by atoms with van der Waals surface area (Å²) in [7, 11) is 3.07. The number of nitrogens with one attached hydrogen (secondary N) is 1. The number of likely N-dealkylation sites (N-methyl/N-ethyl adjacent to an activating group) is 1. The molecule has 0 aliphatic carbocycles. The van der Waals surface area contributed by atoms with Gasteiger partial charge in [0, 0.05) is 45.5 Å². The predicted octanol–water partition coefficient (Wildman–Crippen LogP) is 2.12. The SMILES string of the molecule is CN1c2nc(NCc3ccc(Oc4cc(C(F)(F)F)nn4C)nc3)nc3c2N(CCC3)C(=O)[C@@H]1CO. The lowest BCUT2D eigenvalue weighted by molar-refractivity contribution is -0.141. The molecule has 2 aliphatic rings. The van der Waals surface area contributed by atoms with Crippen molar-refractivity contribution < 1.29 is 27.8 Å². The van der Waals surface area contributed by atoms with Gasteiger partial charge in [-0.2, -0.15) is 23.3 Å². The molecule has 1 amide bonds. The number of aliphatic hydroxyl groups excluding tert-OH is 1. The van der Waals surface area contributed by atoms with E-state index in [1.165, 1.54) is 19.3 Å². The van der Waals surface area contributed by atoms with Crippen molar-refractivity contribution in [1.82, 2.24) is 24.7 Å². The molecule has 0 radical (unpaired) electrons. The second kappa shape index (κ2) is 8.93. The van der Waals surface area contributed by atoms with Crippen molar-refractivity contribution >= 4 is 23.4 Å². The van der Waals surface area contributed by atoms with E-state index in [-0.39, 0.29) is 24.3 Å². The number of carbonyl (C=O) groups is 1. The molecule has 5 rings (SSSR count). The van der Waals surface area contributed by atoms with Gasteiger partial charge in [-0.25, -0.2) is 14.6 Å². The zero-order valence-electron chi connectivity index (χ0n) is 19.5. The third-order valence-electron chi connectivity index (χ3n) is 6.11. The molecule has 2 aliphatic heterocycles. The lowest BCUT2D eigenvalue weighted by Crippen LogP contribution is -2.55. The summed E-state index contributed by atoms with van der Waals surface area (Å²) in [4.78, 5) is 29.4. The largest absolute Gasteiger partial charge is 0.435 e. The van der Waals surface area contributed by atoms with Crippen LogP contribution in [0.15, 0.2) is 24.4 Å². The number of aromatic nitrogens is 5. The fraction of sp³-hybridized carbons (Fsp3) is 0.409. The minimum absolute atomic E-state index is 0.0880. The molecule has 2 N–H and O–H groups in total. The number of aliphatic hydroxyl groups is 1. The second-order valence-electron chi connectivity index (χ2n) is 8.52. The van der Waals surface area contributed by atoms with Crippen LogP contribution in [-0.4, -0.2) is 62.0 Å². The summed E-state index contributed by atoms with van der Waals surface area (Å²) in [5, 5.41) is 16.3. The van der Waals surface area contributed by atoms with E-state index in [1.54, 1.807) is 22.9 Å². The Morgan fingerprint density at radius 3 is 2.72 bits per heavy atom. The number of alkyl halides is 3. The van der Waals surface area contributed by atoms with E-state index in [0.717, 1.165) is 28.4 Å². The van der Waals surface area contributed by atoms with Crippen molar-refractivity contribution in [3.63, 3.8) is 0 Å². The Morgan fingerprint density at radius 2 is 2.06 bits per heavy atom. The highest BCUT2D eigenvalue weighted by molar-refractivity contribution is 6.05. The summed E-state index contributed by atoms with van der Waals surface area (Å²) in [6, 6.07) is 3.37. The number of ether oxygens (including phenoxy) is 1. The molecule has 3 aromatic rings. The smallest absolute Gasteiger partial charge is 0.421 e. The Kier molecular flexibility index (Phi) is 5.90. The Balaban J connectivity index is 1.30. The number of anilines is 3. The van der Waals surface area contributed by atoms with E-state index in [4.69, 9.17) is 4.74 Å². The third-order valence-corrected chi connectivity index (χ3v) is 6.11. The van der Waals surface area contributed by atoms with Crippen molar-refractivity contribution in [2.45, 2.75) is 31.6 Å². The topological polar surface area (TPSA) is 122 Å². The van der Waals surface area contributed by atoms with Crippen LogP contribution in [0.2, 0.25) is 0 Å². The molecular weight excluding hydrogens is 481 g/mol. The Labute approximate surface area is 203 Å². The first-order valence-corrected chi connectivity index (χ1v) is 11.2. The van der Waals surface area contributed by atoms with Crippen molar-refractivity contribution in [3.8, 4) is 11.8 Å². The number of rotatable bonds is 6. The van der Waals surface area contributed by atoms with E-state index in [0.29, 0.717) is 37.0 Å². The molecule has 0 bridgehead atoms. The van der Waals surface area contributed by atoms with E-state index in [2.05, 4.69) is 25.4 Å². The van der Waals surface area contributed by atoms with E-state index >= 15 is 0 Å². The summed E-state index contributed by atoms with van der Waals surface area (Å²) >= 11 is 0. The van der Waals surface area contributed by atoms with E-state index in [1.807, 2.05) is 0 Å². The number of carbonyl (C=O) groups excluding carboxylic acids is 1. The molecule has 11 nitrogen and oxygen atoms in total. The number of halogens is 3. The van der Waals surface area contributed by atoms with Gasteiger partial charge < -0.3 is 25.0 Å². The summed E-state index contributed by atoms with van der Waals surface area (Å²) < 4.78 is 45.0. The fourth-order valence-electron chi connectivity index (χ4n) is 4.24. The highest BCUT2D eigenvalue weighted by Gasteiger charge is 2.40. The first-order chi connectivity index (χ1) is 17.2.